The van der Waals surface area contributed by atoms with E-state index in [1.165, 1.54) is 0 Å². The summed E-state index contributed by atoms with van der Waals surface area (Å²) in [5.74, 6) is 0. The Kier molecular flexibility index (Phi) is 2.64. The SMILES string of the molecule is Cc1nc2cc(N3CCOCC3)c(N)cc2s1. The van der Waals surface area contributed by atoms with Crippen molar-refractivity contribution in [2.45, 2.75) is 6.92 Å². The smallest absolute Gasteiger partial charge is 0.0907 e. The van der Waals surface area contributed by atoms with Gasteiger partial charge in [-0.2, -0.15) is 0 Å². The van der Waals surface area contributed by atoms with Gasteiger partial charge in [-0.15, -0.1) is 11.3 Å². The van der Waals surface area contributed by atoms with Gasteiger partial charge in [0.15, 0.2) is 0 Å². The first-order valence-corrected chi connectivity index (χ1v) is 6.55. The Labute approximate surface area is 104 Å². The zero-order chi connectivity index (χ0) is 11.8. The molecule has 1 aliphatic heterocycles. The Morgan fingerprint density at radius 1 is 1.35 bits per heavy atom. The summed E-state index contributed by atoms with van der Waals surface area (Å²) >= 11 is 1.69. The van der Waals surface area contributed by atoms with Crippen LogP contribution in [0.25, 0.3) is 10.2 Å². The predicted octanol–water partition coefficient (Wildman–Crippen LogP) is 2.02. The van der Waals surface area contributed by atoms with Gasteiger partial charge in [-0.3, -0.25) is 0 Å². The van der Waals surface area contributed by atoms with Crippen LogP contribution in [0.4, 0.5) is 11.4 Å². The summed E-state index contributed by atoms with van der Waals surface area (Å²) in [5, 5.41) is 1.08. The van der Waals surface area contributed by atoms with Gasteiger partial charge in [-0.1, -0.05) is 0 Å². The molecule has 0 aliphatic carbocycles. The van der Waals surface area contributed by atoms with Crippen molar-refractivity contribution in [1.82, 2.24) is 4.98 Å². The molecule has 1 fully saturated rings. The van der Waals surface area contributed by atoms with Crippen LogP contribution in [0.15, 0.2) is 12.1 Å². The summed E-state index contributed by atoms with van der Waals surface area (Å²) in [6, 6.07) is 4.13. The van der Waals surface area contributed by atoms with Gasteiger partial charge in [0.05, 0.1) is 39.8 Å². The van der Waals surface area contributed by atoms with Crippen molar-refractivity contribution < 1.29 is 4.74 Å². The Hall–Kier alpha value is -1.33. The number of aryl methyl sites for hydroxylation is 1. The first-order valence-electron chi connectivity index (χ1n) is 5.73. The largest absolute Gasteiger partial charge is 0.397 e. The summed E-state index contributed by atoms with van der Waals surface area (Å²) in [6.45, 7) is 5.37. The van der Waals surface area contributed by atoms with E-state index in [-0.39, 0.29) is 0 Å². The van der Waals surface area contributed by atoms with Crippen molar-refractivity contribution in [2.75, 3.05) is 36.9 Å². The normalized spacial score (nSPS) is 16.6. The molecule has 0 atom stereocenters. The standard InChI is InChI=1S/C12H15N3OS/c1-8-14-10-7-11(9(13)6-12(10)17-8)15-2-4-16-5-3-15/h6-7H,2-5,13H2,1H3. The molecule has 0 spiro atoms. The highest BCUT2D eigenvalue weighted by Crippen LogP contribution is 2.32. The molecule has 0 amide bonds. The van der Waals surface area contributed by atoms with Crippen molar-refractivity contribution in [2.24, 2.45) is 0 Å². The van der Waals surface area contributed by atoms with E-state index in [4.69, 9.17) is 10.5 Å². The minimum absolute atomic E-state index is 0.771. The fraction of sp³-hybridized carbons (Fsp3) is 0.417. The average molecular weight is 249 g/mol. The molecule has 2 N–H and O–H groups in total. The van der Waals surface area contributed by atoms with E-state index in [0.29, 0.717) is 0 Å². The fourth-order valence-electron chi connectivity index (χ4n) is 2.17. The van der Waals surface area contributed by atoms with Gasteiger partial charge >= 0.3 is 0 Å². The summed E-state index contributed by atoms with van der Waals surface area (Å²) in [6.07, 6.45) is 0. The molecule has 5 heteroatoms. The molecule has 1 aliphatic rings. The van der Waals surface area contributed by atoms with Crippen molar-refractivity contribution in [3.8, 4) is 0 Å². The zero-order valence-electron chi connectivity index (χ0n) is 9.77. The predicted molar refractivity (Wildman–Crippen MR) is 71.8 cm³/mol. The highest BCUT2D eigenvalue weighted by molar-refractivity contribution is 7.18. The number of rotatable bonds is 1. The van der Waals surface area contributed by atoms with Crippen LogP contribution in [-0.2, 0) is 4.74 Å². The number of thiazole rings is 1. The number of morpholine rings is 1. The van der Waals surface area contributed by atoms with Gasteiger partial charge in [0.25, 0.3) is 0 Å². The van der Waals surface area contributed by atoms with E-state index < -0.39 is 0 Å². The molecular formula is C12H15N3OS. The molecule has 1 aromatic heterocycles. The van der Waals surface area contributed by atoms with Gasteiger partial charge < -0.3 is 15.4 Å². The monoisotopic (exact) mass is 249 g/mol. The second kappa shape index (κ2) is 4.16. The number of benzene rings is 1. The van der Waals surface area contributed by atoms with Crippen LogP contribution >= 0.6 is 11.3 Å². The second-order valence-corrected chi connectivity index (χ2v) is 5.45. The van der Waals surface area contributed by atoms with Gasteiger partial charge in [0, 0.05) is 13.1 Å². The lowest BCUT2D eigenvalue weighted by Crippen LogP contribution is -2.36. The first-order chi connectivity index (χ1) is 8.24. The molecule has 90 valence electrons. The number of anilines is 2. The van der Waals surface area contributed by atoms with Crippen LogP contribution in [-0.4, -0.2) is 31.3 Å². The van der Waals surface area contributed by atoms with E-state index in [9.17, 15) is 0 Å². The van der Waals surface area contributed by atoms with Crippen molar-refractivity contribution >= 4 is 32.9 Å². The van der Waals surface area contributed by atoms with Gasteiger partial charge in [-0.25, -0.2) is 4.98 Å². The van der Waals surface area contributed by atoms with Crippen molar-refractivity contribution in [3.05, 3.63) is 17.1 Å². The molecule has 0 radical (unpaired) electrons. The molecular weight excluding hydrogens is 234 g/mol. The molecule has 0 unspecified atom stereocenters. The van der Waals surface area contributed by atoms with E-state index in [1.54, 1.807) is 11.3 Å². The van der Waals surface area contributed by atoms with Crippen molar-refractivity contribution in [1.29, 1.82) is 0 Å². The summed E-state index contributed by atoms with van der Waals surface area (Å²) in [4.78, 5) is 6.79. The molecule has 2 heterocycles. The molecule has 1 aromatic carbocycles. The number of nitrogen functional groups attached to an aromatic ring is 1. The second-order valence-electron chi connectivity index (χ2n) is 4.21. The van der Waals surface area contributed by atoms with Crippen LogP contribution in [0.5, 0.6) is 0 Å². The number of fused-ring (bicyclic) bond motifs is 1. The number of aromatic nitrogens is 1. The third-order valence-corrected chi connectivity index (χ3v) is 3.93. The highest BCUT2D eigenvalue weighted by atomic mass is 32.1. The Bertz CT molecular complexity index is 546. The Morgan fingerprint density at radius 3 is 2.88 bits per heavy atom. The van der Waals surface area contributed by atoms with E-state index in [1.807, 2.05) is 13.0 Å². The fourth-order valence-corrected chi connectivity index (χ4v) is 3.03. The van der Waals surface area contributed by atoms with Gasteiger partial charge in [-0.05, 0) is 19.1 Å². The number of hydrogen-bond donors (Lipinski definition) is 1. The maximum Gasteiger partial charge on any atom is 0.0907 e. The topological polar surface area (TPSA) is 51.4 Å². The number of nitrogens with two attached hydrogens (primary N) is 1. The minimum atomic E-state index is 0.771. The quantitative estimate of drug-likeness (QED) is 0.786. The molecule has 4 nitrogen and oxygen atoms in total. The summed E-state index contributed by atoms with van der Waals surface area (Å²) in [5.41, 5.74) is 9.09. The van der Waals surface area contributed by atoms with E-state index in [0.717, 1.165) is 52.9 Å². The van der Waals surface area contributed by atoms with Crippen molar-refractivity contribution in [3.63, 3.8) is 0 Å². The van der Waals surface area contributed by atoms with E-state index in [2.05, 4.69) is 16.0 Å². The lowest BCUT2D eigenvalue weighted by atomic mass is 10.2. The third-order valence-electron chi connectivity index (χ3n) is 3.00. The number of hydrogen-bond acceptors (Lipinski definition) is 5. The first kappa shape index (κ1) is 10.8. The highest BCUT2D eigenvalue weighted by Gasteiger charge is 2.15. The van der Waals surface area contributed by atoms with E-state index >= 15 is 0 Å². The van der Waals surface area contributed by atoms with Crippen LogP contribution in [0.2, 0.25) is 0 Å². The molecule has 0 bridgehead atoms. The molecule has 2 aromatic rings. The number of ether oxygens (including phenoxy) is 1. The minimum Gasteiger partial charge on any atom is -0.397 e. The lowest BCUT2D eigenvalue weighted by Gasteiger charge is -2.29. The summed E-state index contributed by atoms with van der Waals surface area (Å²) in [7, 11) is 0. The number of nitrogens with zero attached hydrogens (tertiary/aromatic N) is 2. The van der Waals surface area contributed by atoms with Crippen LogP contribution in [0.1, 0.15) is 5.01 Å². The molecule has 3 rings (SSSR count). The zero-order valence-corrected chi connectivity index (χ0v) is 10.6. The summed E-state index contributed by atoms with van der Waals surface area (Å²) < 4.78 is 6.52. The third kappa shape index (κ3) is 1.96. The van der Waals surface area contributed by atoms with Gasteiger partial charge in [0.1, 0.15) is 0 Å². The van der Waals surface area contributed by atoms with Crippen LogP contribution < -0.4 is 10.6 Å². The van der Waals surface area contributed by atoms with Gasteiger partial charge in [0.2, 0.25) is 0 Å². The maximum atomic E-state index is 6.12. The van der Waals surface area contributed by atoms with Crippen LogP contribution in [0.3, 0.4) is 0 Å². The molecule has 0 saturated carbocycles. The van der Waals surface area contributed by atoms with Crippen LogP contribution in [0, 0.1) is 6.92 Å². The average Bonchev–Trinajstić information content (AvgIpc) is 2.68. The maximum absolute atomic E-state index is 6.12. The molecule has 17 heavy (non-hydrogen) atoms. The Balaban J connectivity index is 2.05. The molecule has 1 saturated heterocycles. The lowest BCUT2D eigenvalue weighted by molar-refractivity contribution is 0.123. The Morgan fingerprint density at radius 2 is 2.12 bits per heavy atom.